The summed E-state index contributed by atoms with van der Waals surface area (Å²) in [7, 11) is 0. The summed E-state index contributed by atoms with van der Waals surface area (Å²) in [6.07, 6.45) is 0.832. The van der Waals surface area contributed by atoms with Crippen molar-refractivity contribution in [2.75, 3.05) is 0 Å². The number of hydrogen-bond acceptors (Lipinski definition) is 5. The molecule has 17 heavy (non-hydrogen) atoms. The van der Waals surface area contributed by atoms with Crippen molar-refractivity contribution in [2.45, 2.75) is 22.6 Å². The highest BCUT2D eigenvalue weighted by Crippen LogP contribution is 2.34. The quantitative estimate of drug-likeness (QED) is 0.859. The molecule has 0 atom stereocenters. The lowest BCUT2D eigenvalue weighted by atomic mass is 10.2. The lowest BCUT2D eigenvalue weighted by molar-refractivity contribution is 0.971. The minimum absolute atomic E-state index is 0.561. The van der Waals surface area contributed by atoms with Gasteiger partial charge in [-0.05, 0) is 29.7 Å². The first kappa shape index (κ1) is 12.4. The molecule has 0 N–H and O–H groups in total. The molecule has 2 aromatic rings. The van der Waals surface area contributed by atoms with E-state index in [4.69, 9.17) is 16.9 Å². The van der Waals surface area contributed by atoms with Gasteiger partial charge in [-0.3, -0.25) is 0 Å². The fourth-order valence-corrected chi connectivity index (χ4v) is 3.13. The normalized spacial score (nSPS) is 10.2. The average Bonchev–Trinajstić information content (AvgIpc) is 2.79. The lowest BCUT2D eigenvalue weighted by Gasteiger charge is -2.00. The van der Waals surface area contributed by atoms with Gasteiger partial charge in [0.2, 0.25) is 0 Å². The van der Waals surface area contributed by atoms with E-state index in [2.05, 4.69) is 15.4 Å². The third kappa shape index (κ3) is 2.97. The molecule has 0 radical (unpaired) electrons. The first-order valence-electron chi connectivity index (χ1n) is 4.93. The second kappa shape index (κ2) is 5.50. The Balaban J connectivity index is 2.21. The van der Waals surface area contributed by atoms with E-state index in [0.29, 0.717) is 10.6 Å². The van der Waals surface area contributed by atoms with Crippen LogP contribution < -0.4 is 0 Å². The molecule has 86 valence electrons. The van der Waals surface area contributed by atoms with Crippen LogP contribution in [-0.2, 0) is 6.42 Å². The smallest absolute Gasteiger partial charge is 0.174 e. The van der Waals surface area contributed by atoms with E-state index in [1.54, 1.807) is 12.1 Å². The highest BCUT2D eigenvalue weighted by atomic mass is 35.5. The van der Waals surface area contributed by atoms with Crippen molar-refractivity contribution in [3.63, 3.8) is 0 Å². The van der Waals surface area contributed by atoms with Gasteiger partial charge in [-0.1, -0.05) is 30.3 Å². The number of aryl methyl sites for hydroxylation is 1. The van der Waals surface area contributed by atoms with Crippen LogP contribution in [0.15, 0.2) is 27.4 Å². The molecule has 1 aromatic heterocycles. The first-order chi connectivity index (χ1) is 8.22. The van der Waals surface area contributed by atoms with Gasteiger partial charge in [0.15, 0.2) is 4.34 Å². The molecule has 0 saturated carbocycles. The van der Waals surface area contributed by atoms with Crippen LogP contribution in [0, 0.1) is 11.3 Å². The van der Waals surface area contributed by atoms with Crippen LogP contribution >= 0.6 is 34.9 Å². The second-order valence-electron chi connectivity index (χ2n) is 3.19. The lowest BCUT2D eigenvalue weighted by Crippen LogP contribution is -1.82. The maximum Gasteiger partial charge on any atom is 0.174 e. The van der Waals surface area contributed by atoms with E-state index in [-0.39, 0.29) is 0 Å². The molecule has 0 fully saturated rings. The zero-order valence-corrected chi connectivity index (χ0v) is 11.4. The van der Waals surface area contributed by atoms with Crippen molar-refractivity contribution in [3.8, 4) is 6.07 Å². The maximum absolute atomic E-state index is 8.74. The summed E-state index contributed by atoms with van der Waals surface area (Å²) in [5.74, 6) is 0.849. The molecule has 0 unspecified atom stereocenters. The van der Waals surface area contributed by atoms with Gasteiger partial charge in [0.05, 0.1) is 16.7 Å². The molecule has 3 nitrogen and oxygen atoms in total. The Hall–Kier alpha value is -1.09. The van der Waals surface area contributed by atoms with Gasteiger partial charge in [-0.25, -0.2) is 4.98 Å². The van der Waals surface area contributed by atoms with Crippen LogP contribution in [0.25, 0.3) is 0 Å². The molecule has 0 spiro atoms. The summed E-state index contributed by atoms with van der Waals surface area (Å²) >= 11 is 8.92. The van der Waals surface area contributed by atoms with Crippen molar-refractivity contribution < 1.29 is 0 Å². The van der Waals surface area contributed by atoms with E-state index in [1.165, 1.54) is 23.3 Å². The molecule has 0 aliphatic carbocycles. The Bertz CT molecular complexity index is 574. The largest absolute Gasteiger partial charge is 0.213 e. The van der Waals surface area contributed by atoms with E-state index in [9.17, 15) is 0 Å². The van der Waals surface area contributed by atoms with Crippen molar-refractivity contribution in [2.24, 2.45) is 0 Å². The molecule has 1 aromatic carbocycles. The Morgan fingerprint density at radius 3 is 2.94 bits per heavy atom. The summed E-state index contributed by atoms with van der Waals surface area (Å²) in [6, 6.07) is 7.29. The Morgan fingerprint density at radius 2 is 2.35 bits per heavy atom. The van der Waals surface area contributed by atoms with Crippen LogP contribution in [0.2, 0.25) is 5.02 Å². The number of rotatable bonds is 3. The van der Waals surface area contributed by atoms with Gasteiger partial charge in [0, 0.05) is 11.3 Å². The predicted octanol–water partition coefficient (Wildman–Crippen LogP) is 3.78. The predicted molar refractivity (Wildman–Crippen MR) is 69.6 cm³/mol. The monoisotopic (exact) mass is 281 g/mol. The number of benzene rings is 1. The van der Waals surface area contributed by atoms with E-state index < -0.39 is 0 Å². The minimum atomic E-state index is 0.561. The Morgan fingerprint density at radius 1 is 1.53 bits per heavy atom. The number of halogens is 1. The van der Waals surface area contributed by atoms with Gasteiger partial charge >= 0.3 is 0 Å². The number of hydrogen-bond donors (Lipinski definition) is 0. The Kier molecular flexibility index (Phi) is 4.00. The molecule has 0 saturated heterocycles. The zero-order valence-electron chi connectivity index (χ0n) is 8.98. The first-order valence-corrected chi connectivity index (χ1v) is 6.89. The molecule has 0 bridgehead atoms. The molecular weight excluding hydrogens is 274 g/mol. The molecule has 0 aliphatic heterocycles. The topological polar surface area (TPSA) is 49.6 Å². The maximum atomic E-state index is 8.74. The SMILES string of the molecule is CCc1nsc(Sc2ccc(C#N)cc2Cl)n1. The van der Waals surface area contributed by atoms with Gasteiger partial charge in [0.1, 0.15) is 5.82 Å². The third-order valence-electron chi connectivity index (χ3n) is 2.02. The standard InChI is InChI=1S/C11H8ClN3S2/c1-2-10-14-11(17-15-10)16-9-4-3-7(6-13)5-8(9)12/h3-5H,2H2,1H3. The van der Waals surface area contributed by atoms with Gasteiger partial charge in [0.25, 0.3) is 0 Å². The van der Waals surface area contributed by atoms with E-state index >= 15 is 0 Å². The van der Waals surface area contributed by atoms with Gasteiger partial charge in [-0.2, -0.15) is 9.64 Å². The molecule has 6 heteroatoms. The number of aromatic nitrogens is 2. The fourth-order valence-electron chi connectivity index (χ4n) is 1.17. The summed E-state index contributed by atoms with van der Waals surface area (Å²) in [5.41, 5.74) is 0.561. The molecule has 0 amide bonds. The number of nitrogens with zero attached hydrogens (tertiary/aromatic N) is 3. The van der Waals surface area contributed by atoms with Crippen LogP contribution in [0.1, 0.15) is 18.3 Å². The van der Waals surface area contributed by atoms with Gasteiger partial charge in [-0.15, -0.1) is 0 Å². The fraction of sp³-hybridized carbons (Fsp3) is 0.182. The third-order valence-corrected chi connectivity index (χ3v) is 4.31. The summed E-state index contributed by atoms with van der Waals surface area (Å²) < 4.78 is 5.08. The number of nitriles is 1. The van der Waals surface area contributed by atoms with Crippen molar-refractivity contribution >= 4 is 34.9 Å². The van der Waals surface area contributed by atoms with Crippen molar-refractivity contribution in [3.05, 3.63) is 34.6 Å². The highest BCUT2D eigenvalue weighted by molar-refractivity contribution is 8.01. The van der Waals surface area contributed by atoms with Crippen LogP contribution in [0.3, 0.4) is 0 Å². The zero-order chi connectivity index (χ0) is 12.3. The summed E-state index contributed by atoms with van der Waals surface area (Å²) in [6.45, 7) is 2.02. The Labute approximate surface area is 113 Å². The minimum Gasteiger partial charge on any atom is -0.213 e. The van der Waals surface area contributed by atoms with Crippen LogP contribution in [-0.4, -0.2) is 9.36 Å². The van der Waals surface area contributed by atoms with E-state index in [1.807, 2.05) is 13.0 Å². The molecular formula is C11H8ClN3S2. The highest BCUT2D eigenvalue weighted by Gasteiger charge is 2.08. The van der Waals surface area contributed by atoms with Crippen LogP contribution in [0.4, 0.5) is 0 Å². The van der Waals surface area contributed by atoms with E-state index in [0.717, 1.165) is 21.5 Å². The van der Waals surface area contributed by atoms with Crippen molar-refractivity contribution in [1.29, 1.82) is 5.26 Å². The summed E-state index contributed by atoms with van der Waals surface area (Å²) in [4.78, 5) is 5.25. The average molecular weight is 282 g/mol. The molecule has 0 aliphatic rings. The summed E-state index contributed by atoms with van der Waals surface area (Å²) in [5, 5.41) is 9.31. The van der Waals surface area contributed by atoms with Crippen molar-refractivity contribution in [1.82, 2.24) is 9.36 Å². The second-order valence-corrected chi connectivity index (χ2v) is 5.64. The van der Waals surface area contributed by atoms with Crippen LogP contribution in [0.5, 0.6) is 0 Å². The molecule has 1 heterocycles. The molecule has 2 rings (SSSR count). The van der Waals surface area contributed by atoms with Gasteiger partial charge < -0.3 is 0 Å².